The van der Waals surface area contributed by atoms with Gasteiger partial charge in [0.05, 0.1) is 18.4 Å². The third kappa shape index (κ3) is 4.49. The van der Waals surface area contributed by atoms with Crippen molar-refractivity contribution in [2.45, 2.75) is 52.7 Å². The topological polar surface area (TPSA) is 58.4 Å². The van der Waals surface area contributed by atoms with E-state index in [0.29, 0.717) is 12.6 Å². The number of hydrogen-bond donors (Lipinski definition) is 1. The summed E-state index contributed by atoms with van der Waals surface area (Å²) in [7, 11) is 0. The van der Waals surface area contributed by atoms with Crippen molar-refractivity contribution in [2.75, 3.05) is 6.54 Å². The summed E-state index contributed by atoms with van der Waals surface area (Å²) >= 11 is 0. The zero-order valence-corrected chi connectivity index (χ0v) is 11.5. The Morgan fingerprint density at radius 1 is 1.56 bits per heavy atom. The van der Waals surface area contributed by atoms with E-state index in [9.17, 15) is 4.79 Å². The number of aliphatic carboxylic acids is 1. The van der Waals surface area contributed by atoms with Gasteiger partial charge in [-0.05, 0) is 20.3 Å². The van der Waals surface area contributed by atoms with E-state index >= 15 is 0 Å². The maximum absolute atomic E-state index is 10.7. The monoisotopic (exact) mass is 253 g/mol. The Morgan fingerprint density at radius 3 is 2.83 bits per heavy atom. The zero-order chi connectivity index (χ0) is 13.5. The molecule has 18 heavy (non-hydrogen) atoms. The van der Waals surface area contributed by atoms with Gasteiger partial charge in [0.25, 0.3) is 0 Å². The van der Waals surface area contributed by atoms with E-state index < -0.39 is 5.97 Å². The number of rotatable bonds is 8. The molecule has 0 unspecified atom stereocenters. The van der Waals surface area contributed by atoms with Crippen molar-refractivity contribution in [2.24, 2.45) is 0 Å². The molecule has 5 heteroatoms. The van der Waals surface area contributed by atoms with Crippen LogP contribution < -0.4 is 0 Å². The van der Waals surface area contributed by atoms with Gasteiger partial charge in [-0.3, -0.25) is 9.69 Å². The summed E-state index contributed by atoms with van der Waals surface area (Å²) in [5.41, 5.74) is 1.15. The molecule has 5 nitrogen and oxygen atoms in total. The molecule has 0 fully saturated rings. The molecule has 0 spiro atoms. The summed E-state index contributed by atoms with van der Waals surface area (Å²) < 4.78 is 2.14. The molecule has 0 aromatic carbocycles. The lowest BCUT2D eigenvalue weighted by Gasteiger charge is -2.26. The van der Waals surface area contributed by atoms with Crippen molar-refractivity contribution in [1.29, 1.82) is 0 Å². The number of carboxylic acid groups (broad SMARTS) is 1. The van der Waals surface area contributed by atoms with Crippen molar-refractivity contribution in [1.82, 2.24) is 14.5 Å². The zero-order valence-electron chi connectivity index (χ0n) is 11.5. The lowest BCUT2D eigenvalue weighted by Crippen LogP contribution is -2.33. The van der Waals surface area contributed by atoms with Gasteiger partial charge in [-0.15, -0.1) is 0 Å². The third-order valence-electron chi connectivity index (χ3n) is 2.97. The molecular formula is C13H23N3O2. The fourth-order valence-electron chi connectivity index (χ4n) is 1.89. The van der Waals surface area contributed by atoms with Crippen LogP contribution in [0.15, 0.2) is 12.5 Å². The van der Waals surface area contributed by atoms with E-state index in [1.54, 1.807) is 0 Å². The van der Waals surface area contributed by atoms with Crippen LogP contribution in [0, 0.1) is 0 Å². The minimum atomic E-state index is -0.747. The number of aryl methyl sites for hydroxylation is 1. The Hall–Kier alpha value is -1.36. The molecule has 0 aliphatic rings. The van der Waals surface area contributed by atoms with Gasteiger partial charge in [-0.1, -0.05) is 6.92 Å². The van der Waals surface area contributed by atoms with E-state index in [1.165, 1.54) is 0 Å². The molecule has 1 aromatic heterocycles. The molecule has 0 amide bonds. The first-order valence-electron chi connectivity index (χ1n) is 6.49. The minimum absolute atomic E-state index is 0.181. The van der Waals surface area contributed by atoms with Crippen LogP contribution in [0.3, 0.4) is 0 Å². The highest BCUT2D eigenvalue weighted by atomic mass is 16.4. The number of hydrogen-bond acceptors (Lipinski definition) is 3. The molecule has 0 atom stereocenters. The second-order valence-electron chi connectivity index (χ2n) is 4.79. The maximum Gasteiger partial charge on any atom is 0.304 e. The largest absolute Gasteiger partial charge is 0.481 e. The molecule has 0 aliphatic carbocycles. The summed E-state index contributed by atoms with van der Waals surface area (Å²) in [6, 6.07) is 0.328. The number of nitrogens with zero attached hydrogens (tertiary/aromatic N) is 3. The number of aromatic nitrogens is 2. The third-order valence-corrected chi connectivity index (χ3v) is 2.97. The van der Waals surface area contributed by atoms with E-state index in [1.807, 2.05) is 12.5 Å². The van der Waals surface area contributed by atoms with E-state index in [2.05, 4.69) is 35.2 Å². The number of imidazole rings is 1. The summed E-state index contributed by atoms with van der Waals surface area (Å²) in [5, 5.41) is 8.76. The Bertz CT molecular complexity index is 374. The summed E-state index contributed by atoms with van der Waals surface area (Å²) in [5.74, 6) is -0.747. The van der Waals surface area contributed by atoms with Gasteiger partial charge in [-0.2, -0.15) is 0 Å². The van der Waals surface area contributed by atoms with E-state index in [4.69, 9.17) is 5.11 Å². The molecule has 0 bridgehead atoms. The molecule has 102 valence electrons. The Kier molecular flexibility index (Phi) is 5.85. The fraction of sp³-hybridized carbons (Fsp3) is 0.692. The van der Waals surface area contributed by atoms with Gasteiger partial charge in [0.1, 0.15) is 0 Å². The van der Waals surface area contributed by atoms with Crippen LogP contribution in [0.25, 0.3) is 0 Å². The first kappa shape index (κ1) is 14.7. The van der Waals surface area contributed by atoms with Crippen LogP contribution in [0.1, 0.15) is 39.3 Å². The number of carboxylic acids is 1. The molecule has 1 rings (SSSR count). The first-order chi connectivity index (χ1) is 8.54. The average Bonchev–Trinajstić information content (AvgIpc) is 2.71. The highest BCUT2D eigenvalue weighted by Crippen LogP contribution is 2.09. The van der Waals surface area contributed by atoms with Crippen LogP contribution in [0.2, 0.25) is 0 Å². The van der Waals surface area contributed by atoms with Crippen molar-refractivity contribution >= 4 is 5.97 Å². The summed E-state index contributed by atoms with van der Waals surface area (Å²) in [6.07, 6.45) is 4.96. The van der Waals surface area contributed by atoms with Crippen LogP contribution in [0.5, 0.6) is 0 Å². The summed E-state index contributed by atoms with van der Waals surface area (Å²) in [6.45, 7) is 8.59. The maximum atomic E-state index is 10.7. The molecule has 0 saturated carbocycles. The predicted octanol–water partition coefficient (Wildman–Crippen LogP) is 1.98. The van der Waals surface area contributed by atoms with Crippen LogP contribution in [0.4, 0.5) is 0 Å². The second-order valence-corrected chi connectivity index (χ2v) is 4.79. The van der Waals surface area contributed by atoms with Crippen LogP contribution >= 0.6 is 0 Å². The highest BCUT2D eigenvalue weighted by molar-refractivity contribution is 5.66. The summed E-state index contributed by atoms with van der Waals surface area (Å²) in [4.78, 5) is 17.0. The van der Waals surface area contributed by atoms with Crippen LogP contribution in [-0.4, -0.2) is 38.1 Å². The van der Waals surface area contributed by atoms with Gasteiger partial charge in [0, 0.05) is 31.9 Å². The Balaban J connectivity index is 2.64. The Labute approximate surface area is 108 Å². The average molecular weight is 253 g/mol. The van der Waals surface area contributed by atoms with Gasteiger partial charge in [0.15, 0.2) is 0 Å². The van der Waals surface area contributed by atoms with Gasteiger partial charge in [0.2, 0.25) is 0 Å². The van der Waals surface area contributed by atoms with E-state index in [-0.39, 0.29) is 6.42 Å². The highest BCUT2D eigenvalue weighted by Gasteiger charge is 2.13. The predicted molar refractivity (Wildman–Crippen MR) is 70.3 cm³/mol. The van der Waals surface area contributed by atoms with Gasteiger partial charge >= 0.3 is 5.97 Å². The van der Waals surface area contributed by atoms with Crippen molar-refractivity contribution < 1.29 is 9.90 Å². The standard InChI is InChI=1S/C13H23N3O2/c1-4-6-16-10-14-8-12(16)9-15(11(2)3)7-5-13(17)18/h8,10-11H,4-7,9H2,1-3H3,(H,17,18). The molecule has 0 radical (unpaired) electrons. The fourth-order valence-corrected chi connectivity index (χ4v) is 1.89. The van der Waals surface area contributed by atoms with Crippen molar-refractivity contribution in [3.05, 3.63) is 18.2 Å². The van der Waals surface area contributed by atoms with Crippen molar-refractivity contribution in [3.63, 3.8) is 0 Å². The molecule has 0 aliphatic heterocycles. The van der Waals surface area contributed by atoms with Crippen LogP contribution in [-0.2, 0) is 17.9 Å². The molecular weight excluding hydrogens is 230 g/mol. The smallest absolute Gasteiger partial charge is 0.304 e. The molecule has 1 N–H and O–H groups in total. The lowest BCUT2D eigenvalue weighted by molar-refractivity contribution is -0.137. The molecule has 0 saturated heterocycles. The minimum Gasteiger partial charge on any atom is -0.481 e. The number of carbonyl (C=O) groups is 1. The quantitative estimate of drug-likeness (QED) is 0.769. The SMILES string of the molecule is CCCn1cncc1CN(CCC(=O)O)C(C)C. The lowest BCUT2D eigenvalue weighted by atomic mass is 10.2. The molecule has 1 heterocycles. The normalized spacial score (nSPS) is 11.4. The van der Waals surface area contributed by atoms with E-state index in [0.717, 1.165) is 25.2 Å². The van der Waals surface area contributed by atoms with Gasteiger partial charge in [-0.25, -0.2) is 4.98 Å². The second kappa shape index (κ2) is 7.16. The molecule has 1 aromatic rings. The van der Waals surface area contributed by atoms with Gasteiger partial charge < -0.3 is 9.67 Å². The van der Waals surface area contributed by atoms with Crippen molar-refractivity contribution in [3.8, 4) is 0 Å². The first-order valence-corrected chi connectivity index (χ1v) is 6.49. The Morgan fingerprint density at radius 2 is 2.28 bits per heavy atom.